The Balaban J connectivity index is 2.80. The number of hydrogen-bond donors (Lipinski definition) is 2. The van der Waals surface area contributed by atoms with Crippen molar-refractivity contribution < 1.29 is 0 Å². The van der Waals surface area contributed by atoms with E-state index in [4.69, 9.17) is 11.5 Å². The highest BCUT2D eigenvalue weighted by molar-refractivity contribution is 5.38. The van der Waals surface area contributed by atoms with E-state index in [1.54, 1.807) is 18.5 Å². The van der Waals surface area contributed by atoms with Crippen LogP contribution in [0.1, 0.15) is 18.0 Å². The minimum atomic E-state index is -0.0431. The van der Waals surface area contributed by atoms with Gasteiger partial charge in [0.15, 0.2) is 0 Å². The summed E-state index contributed by atoms with van der Waals surface area (Å²) in [7, 11) is 0. The SMILES string of the molecule is C=CC[C@H](N)c1cncc(N)c1. The van der Waals surface area contributed by atoms with Crippen molar-refractivity contribution in [3.63, 3.8) is 0 Å². The monoisotopic (exact) mass is 163 g/mol. The first-order valence-corrected chi connectivity index (χ1v) is 3.81. The summed E-state index contributed by atoms with van der Waals surface area (Å²) in [4.78, 5) is 3.95. The average molecular weight is 163 g/mol. The maximum absolute atomic E-state index is 5.81. The summed E-state index contributed by atoms with van der Waals surface area (Å²) >= 11 is 0. The zero-order valence-electron chi connectivity index (χ0n) is 6.90. The van der Waals surface area contributed by atoms with Gasteiger partial charge in [0.25, 0.3) is 0 Å². The Morgan fingerprint density at radius 2 is 2.33 bits per heavy atom. The number of nitrogens with two attached hydrogens (primary N) is 2. The lowest BCUT2D eigenvalue weighted by atomic mass is 10.1. The van der Waals surface area contributed by atoms with Crippen LogP contribution in [-0.4, -0.2) is 4.98 Å². The van der Waals surface area contributed by atoms with E-state index in [-0.39, 0.29) is 6.04 Å². The lowest BCUT2D eigenvalue weighted by molar-refractivity contribution is 0.738. The van der Waals surface area contributed by atoms with Crippen LogP contribution >= 0.6 is 0 Å². The van der Waals surface area contributed by atoms with Gasteiger partial charge in [0, 0.05) is 18.4 Å². The average Bonchev–Trinajstić information content (AvgIpc) is 2.05. The highest BCUT2D eigenvalue weighted by atomic mass is 14.7. The van der Waals surface area contributed by atoms with Crippen molar-refractivity contribution in [3.8, 4) is 0 Å². The summed E-state index contributed by atoms with van der Waals surface area (Å²) in [6, 6.07) is 1.79. The molecule has 0 aromatic carbocycles. The van der Waals surface area contributed by atoms with Crippen molar-refractivity contribution >= 4 is 5.69 Å². The second-order valence-electron chi connectivity index (χ2n) is 2.68. The molecule has 0 saturated heterocycles. The van der Waals surface area contributed by atoms with Crippen LogP contribution in [0.4, 0.5) is 5.69 Å². The fourth-order valence-electron chi connectivity index (χ4n) is 0.995. The molecule has 0 aliphatic rings. The predicted octanol–water partition coefficient (Wildman–Crippen LogP) is 1.24. The first kappa shape index (κ1) is 8.74. The molecule has 3 nitrogen and oxygen atoms in total. The molecule has 0 unspecified atom stereocenters. The summed E-state index contributed by atoms with van der Waals surface area (Å²) in [6.45, 7) is 3.62. The Kier molecular flexibility index (Phi) is 2.82. The third-order valence-corrected chi connectivity index (χ3v) is 1.63. The molecule has 0 amide bonds. The van der Waals surface area contributed by atoms with E-state index in [1.165, 1.54) is 0 Å². The summed E-state index contributed by atoms with van der Waals surface area (Å²) in [5.74, 6) is 0. The fraction of sp³-hybridized carbons (Fsp3) is 0.222. The Labute approximate surface area is 72.1 Å². The molecule has 3 heteroatoms. The number of hydrogen-bond acceptors (Lipinski definition) is 3. The molecule has 1 aromatic rings. The molecule has 0 spiro atoms. The topological polar surface area (TPSA) is 64.9 Å². The van der Waals surface area contributed by atoms with Crippen LogP contribution in [0.15, 0.2) is 31.1 Å². The Morgan fingerprint density at radius 3 is 2.92 bits per heavy atom. The molecule has 0 aliphatic carbocycles. The lowest BCUT2D eigenvalue weighted by Gasteiger charge is -2.08. The van der Waals surface area contributed by atoms with Gasteiger partial charge in [-0.15, -0.1) is 6.58 Å². The summed E-state index contributed by atoms with van der Waals surface area (Å²) in [6.07, 6.45) is 5.85. The number of aromatic nitrogens is 1. The molecule has 0 radical (unpaired) electrons. The van der Waals surface area contributed by atoms with E-state index in [9.17, 15) is 0 Å². The summed E-state index contributed by atoms with van der Waals surface area (Å²) in [5.41, 5.74) is 13.0. The number of rotatable bonds is 3. The standard InChI is InChI=1S/C9H13N3/c1-2-3-9(11)7-4-8(10)6-12-5-7/h2,4-6,9H,1,3,10-11H2/t9-/m0/s1. The van der Waals surface area contributed by atoms with E-state index >= 15 is 0 Å². The zero-order chi connectivity index (χ0) is 8.97. The van der Waals surface area contributed by atoms with Crippen molar-refractivity contribution in [2.24, 2.45) is 5.73 Å². The molecule has 0 fully saturated rings. The van der Waals surface area contributed by atoms with E-state index in [1.807, 2.05) is 6.07 Å². The minimum absolute atomic E-state index is 0.0431. The van der Waals surface area contributed by atoms with Gasteiger partial charge in [0.2, 0.25) is 0 Å². The van der Waals surface area contributed by atoms with E-state index < -0.39 is 0 Å². The molecule has 64 valence electrons. The highest BCUT2D eigenvalue weighted by Gasteiger charge is 2.03. The van der Waals surface area contributed by atoms with Crippen LogP contribution in [-0.2, 0) is 0 Å². The predicted molar refractivity (Wildman–Crippen MR) is 50.4 cm³/mol. The maximum Gasteiger partial charge on any atom is 0.0503 e. The van der Waals surface area contributed by atoms with Crippen LogP contribution in [0, 0.1) is 0 Å². The lowest BCUT2D eigenvalue weighted by Crippen LogP contribution is -2.09. The van der Waals surface area contributed by atoms with Gasteiger partial charge >= 0.3 is 0 Å². The summed E-state index contributed by atoms with van der Waals surface area (Å²) in [5, 5.41) is 0. The quantitative estimate of drug-likeness (QED) is 0.659. The van der Waals surface area contributed by atoms with Gasteiger partial charge in [-0.2, -0.15) is 0 Å². The number of nitrogens with zero attached hydrogens (tertiary/aromatic N) is 1. The largest absolute Gasteiger partial charge is 0.397 e. The van der Waals surface area contributed by atoms with Crippen molar-refractivity contribution in [1.82, 2.24) is 4.98 Å². The van der Waals surface area contributed by atoms with Crippen LogP contribution in [0.3, 0.4) is 0 Å². The molecular formula is C9H13N3. The number of nitrogen functional groups attached to an aromatic ring is 1. The molecule has 12 heavy (non-hydrogen) atoms. The van der Waals surface area contributed by atoms with Crippen LogP contribution in [0.5, 0.6) is 0 Å². The molecular weight excluding hydrogens is 150 g/mol. The van der Waals surface area contributed by atoms with Gasteiger partial charge in [0.05, 0.1) is 5.69 Å². The molecule has 1 rings (SSSR count). The molecule has 1 atom stereocenters. The molecule has 0 bridgehead atoms. The fourth-order valence-corrected chi connectivity index (χ4v) is 0.995. The number of anilines is 1. The molecule has 0 aliphatic heterocycles. The first-order chi connectivity index (χ1) is 5.74. The van der Waals surface area contributed by atoms with E-state index in [2.05, 4.69) is 11.6 Å². The van der Waals surface area contributed by atoms with Crippen molar-refractivity contribution in [1.29, 1.82) is 0 Å². The second-order valence-corrected chi connectivity index (χ2v) is 2.68. The molecule has 1 aromatic heterocycles. The third-order valence-electron chi connectivity index (χ3n) is 1.63. The van der Waals surface area contributed by atoms with Crippen LogP contribution < -0.4 is 11.5 Å². The Bertz CT molecular complexity index is 270. The smallest absolute Gasteiger partial charge is 0.0503 e. The zero-order valence-corrected chi connectivity index (χ0v) is 6.90. The number of pyridine rings is 1. The molecule has 0 saturated carbocycles. The van der Waals surface area contributed by atoms with Crippen molar-refractivity contribution in [2.45, 2.75) is 12.5 Å². The maximum atomic E-state index is 5.81. The minimum Gasteiger partial charge on any atom is -0.397 e. The van der Waals surface area contributed by atoms with Crippen molar-refractivity contribution in [2.75, 3.05) is 5.73 Å². The van der Waals surface area contributed by atoms with Gasteiger partial charge in [-0.25, -0.2) is 0 Å². The van der Waals surface area contributed by atoms with Crippen molar-refractivity contribution in [3.05, 3.63) is 36.7 Å². The highest BCUT2D eigenvalue weighted by Crippen LogP contribution is 2.14. The second kappa shape index (κ2) is 3.88. The van der Waals surface area contributed by atoms with E-state index in [0.29, 0.717) is 5.69 Å². The molecule has 4 N–H and O–H groups in total. The van der Waals surface area contributed by atoms with Gasteiger partial charge in [-0.05, 0) is 18.1 Å². The van der Waals surface area contributed by atoms with Crippen LogP contribution in [0.25, 0.3) is 0 Å². The molecule has 1 heterocycles. The third kappa shape index (κ3) is 2.07. The Hall–Kier alpha value is -1.35. The van der Waals surface area contributed by atoms with E-state index in [0.717, 1.165) is 12.0 Å². The normalized spacial score (nSPS) is 12.4. The summed E-state index contributed by atoms with van der Waals surface area (Å²) < 4.78 is 0. The van der Waals surface area contributed by atoms with Gasteiger partial charge in [0.1, 0.15) is 0 Å². The van der Waals surface area contributed by atoms with Gasteiger partial charge in [-0.3, -0.25) is 4.98 Å². The Morgan fingerprint density at radius 1 is 1.58 bits per heavy atom. The van der Waals surface area contributed by atoms with Gasteiger partial charge in [-0.1, -0.05) is 6.08 Å². The van der Waals surface area contributed by atoms with Gasteiger partial charge < -0.3 is 11.5 Å². The first-order valence-electron chi connectivity index (χ1n) is 3.81. The van der Waals surface area contributed by atoms with Crippen LogP contribution in [0.2, 0.25) is 0 Å².